The van der Waals surface area contributed by atoms with Gasteiger partial charge in [-0.3, -0.25) is 18.7 Å². The summed E-state index contributed by atoms with van der Waals surface area (Å²) in [7, 11) is 0. The van der Waals surface area contributed by atoms with Crippen molar-refractivity contribution in [1.82, 2.24) is 9.13 Å². The van der Waals surface area contributed by atoms with E-state index >= 15 is 0 Å². The molecule has 0 radical (unpaired) electrons. The second kappa shape index (κ2) is 5.60. The minimum absolute atomic E-state index is 0.0246. The fraction of sp³-hybridized carbons (Fsp3) is 0.533. The number of hydrogen-bond donors (Lipinski definition) is 0. The molecule has 0 saturated heterocycles. The number of ketones is 1. The molecule has 2 aromatic rings. The molecular weight excluding hydrogens is 288 g/mol. The fourth-order valence-electron chi connectivity index (χ4n) is 3.14. The Bertz CT molecular complexity index is 793. The van der Waals surface area contributed by atoms with Gasteiger partial charge in [0.15, 0.2) is 0 Å². The summed E-state index contributed by atoms with van der Waals surface area (Å²) in [6, 6.07) is 1.72. The molecule has 0 amide bonds. The number of carbonyl (C=O) groups excluding carboxylic acids is 1. The number of rotatable bonds is 3. The van der Waals surface area contributed by atoms with Gasteiger partial charge in [0.25, 0.3) is 5.56 Å². The largest absolute Gasteiger partial charge is 0.332 e. The molecule has 1 aliphatic carbocycles. The zero-order valence-electron chi connectivity index (χ0n) is 12.0. The normalized spacial score (nSPS) is 16.4. The minimum atomic E-state index is -0.340. The fourth-order valence-corrected chi connectivity index (χ4v) is 3.97. The third-order valence-electron chi connectivity index (χ3n) is 4.11. The molecule has 2 heterocycles. The highest BCUT2D eigenvalue weighted by Crippen LogP contribution is 2.26. The molecule has 6 heteroatoms. The molecule has 0 aromatic carbocycles. The highest BCUT2D eigenvalue weighted by atomic mass is 32.1. The van der Waals surface area contributed by atoms with Crippen LogP contribution in [-0.4, -0.2) is 14.9 Å². The third-order valence-corrected chi connectivity index (χ3v) is 5.00. The number of Topliss-reactive ketones (excluding diaryl/α,β-unsaturated/α-hetero) is 1. The topological polar surface area (TPSA) is 61.1 Å². The van der Waals surface area contributed by atoms with Gasteiger partial charge in [-0.15, -0.1) is 11.3 Å². The number of carbonyl (C=O) groups is 1. The Morgan fingerprint density at radius 1 is 1.29 bits per heavy atom. The minimum Gasteiger partial charge on any atom is -0.298 e. The van der Waals surface area contributed by atoms with Crippen molar-refractivity contribution in [3.05, 3.63) is 32.3 Å². The molecule has 1 aliphatic rings. The first-order valence-electron chi connectivity index (χ1n) is 7.31. The smallest absolute Gasteiger partial charge is 0.298 e. The Morgan fingerprint density at radius 2 is 2.00 bits per heavy atom. The molecule has 21 heavy (non-hydrogen) atoms. The maximum absolute atomic E-state index is 12.7. The quantitative estimate of drug-likeness (QED) is 0.874. The first kappa shape index (κ1) is 14.3. The molecule has 2 aromatic heterocycles. The van der Waals surface area contributed by atoms with Crippen LogP contribution in [0.2, 0.25) is 0 Å². The summed E-state index contributed by atoms with van der Waals surface area (Å²) in [5, 5.41) is 1.80. The summed E-state index contributed by atoms with van der Waals surface area (Å²) in [5.74, 6) is -0.0848. The Balaban J connectivity index is 2.26. The van der Waals surface area contributed by atoms with E-state index in [2.05, 4.69) is 0 Å². The van der Waals surface area contributed by atoms with Crippen molar-refractivity contribution >= 4 is 27.3 Å². The molecule has 5 nitrogen and oxygen atoms in total. The van der Waals surface area contributed by atoms with E-state index in [1.165, 1.54) is 27.4 Å². The number of hydrogen-bond acceptors (Lipinski definition) is 4. The van der Waals surface area contributed by atoms with Gasteiger partial charge >= 0.3 is 5.69 Å². The van der Waals surface area contributed by atoms with E-state index in [9.17, 15) is 14.4 Å². The van der Waals surface area contributed by atoms with Crippen LogP contribution in [-0.2, 0) is 11.3 Å². The molecule has 3 rings (SSSR count). The van der Waals surface area contributed by atoms with Gasteiger partial charge in [0.05, 0.1) is 12.1 Å². The van der Waals surface area contributed by atoms with Gasteiger partial charge in [0, 0.05) is 6.04 Å². The zero-order chi connectivity index (χ0) is 15.0. The lowest BCUT2D eigenvalue weighted by Gasteiger charge is -2.24. The van der Waals surface area contributed by atoms with Crippen molar-refractivity contribution in [3.63, 3.8) is 0 Å². The van der Waals surface area contributed by atoms with Crippen LogP contribution in [0.15, 0.2) is 21.0 Å². The highest BCUT2D eigenvalue weighted by molar-refractivity contribution is 7.17. The highest BCUT2D eigenvalue weighted by Gasteiger charge is 2.22. The van der Waals surface area contributed by atoms with E-state index in [1.54, 1.807) is 11.4 Å². The van der Waals surface area contributed by atoms with Gasteiger partial charge in [-0.25, -0.2) is 4.79 Å². The second-order valence-corrected chi connectivity index (χ2v) is 6.59. The maximum atomic E-state index is 12.7. The molecule has 0 aliphatic heterocycles. The first-order chi connectivity index (χ1) is 10.1. The summed E-state index contributed by atoms with van der Waals surface area (Å²) in [5.41, 5.74) is 0.0435. The van der Waals surface area contributed by atoms with E-state index < -0.39 is 0 Å². The summed E-state index contributed by atoms with van der Waals surface area (Å²) in [6.45, 7) is 1.49. The summed E-state index contributed by atoms with van der Waals surface area (Å²) >= 11 is 1.34. The Hall–Kier alpha value is -1.69. The van der Waals surface area contributed by atoms with Crippen LogP contribution in [0, 0.1) is 0 Å². The monoisotopic (exact) mass is 306 g/mol. The van der Waals surface area contributed by atoms with Gasteiger partial charge in [0.2, 0.25) is 0 Å². The van der Waals surface area contributed by atoms with Gasteiger partial charge in [0.1, 0.15) is 10.5 Å². The molecule has 0 bridgehead atoms. The van der Waals surface area contributed by atoms with Crippen LogP contribution in [0.3, 0.4) is 0 Å². The molecule has 1 saturated carbocycles. The van der Waals surface area contributed by atoms with Crippen molar-refractivity contribution in [1.29, 1.82) is 0 Å². The summed E-state index contributed by atoms with van der Waals surface area (Å²) in [4.78, 5) is 36.8. The predicted octanol–water partition coefficient (Wildman–Crippen LogP) is 2.32. The van der Waals surface area contributed by atoms with E-state index in [-0.39, 0.29) is 29.6 Å². The van der Waals surface area contributed by atoms with Gasteiger partial charge < -0.3 is 0 Å². The number of thiophene rings is 1. The Kier molecular flexibility index (Phi) is 3.80. The first-order valence-corrected chi connectivity index (χ1v) is 8.19. The molecule has 112 valence electrons. The van der Waals surface area contributed by atoms with Gasteiger partial charge in [-0.1, -0.05) is 19.3 Å². The lowest BCUT2D eigenvalue weighted by atomic mass is 9.95. The number of nitrogens with zero attached hydrogens (tertiary/aromatic N) is 2. The third kappa shape index (κ3) is 2.48. The van der Waals surface area contributed by atoms with Crippen molar-refractivity contribution in [2.24, 2.45) is 0 Å². The lowest BCUT2D eigenvalue weighted by molar-refractivity contribution is -0.117. The molecule has 0 atom stereocenters. The SMILES string of the molecule is CC(=O)Cn1c(=O)n(C2CCCCC2)c(=O)c2sccc21. The average molecular weight is 306 g/mol. The number of fused-ring (bicyclic) bond motifs is 1. The van der Waals surface area contributed by atoms with E-state index in [4.69, 9.17) is 0 Å². The van der Waals surface area contributed by atoms with Crippen LogP contribution < -0.4 is 11.2 Å². The van der Waals surface area contributed by atoms with Crippen LogP contribution >= 0.6 is 11.3 Å². The van der Waals surface area contributed by atoms with Crippen molar-refractivity contribution in [2.45, 2.75) is 51.6 Å². The maximum Gasteiger partial charge on any atom is 0.332 e. The van der Waals surface area contributed by atoms with E-state index in [1.807, 2.05) is 0 Å². The summed E-state index contributed by atoms with van der Waals surface area (Å²) < 4.78 is 3.41. The molecule has 0 spiro atoms. The standard InChI is InChI=1S/C15H18N2O3S/c1-10(18)9-16-12-7-8-21-13(12)14(19)17(15(16)20)11-5-3-2-4-6-11/h7-8,11H,2-6,9H2,1H3. The van der Waals surface area contributed by atoms with Crippen LogP contribution in [0.25, 0.3) is 10.2 Å². The zero-order valence-corrected chi connectivity index (χ0v) is 12.8. The van der Waals surface area contributed by atoms with Crippen molar-refractivity contribution in [2.75, 3.05) is 0 Å². The van der Waals surface area contributed by atoms with Crippen LogP contribution in [0.1, 0.15) is 45.1 Å². The molecule has 0 N–H and O–H groups in total. The van der Waals surface area contributed by atoms with E-state index in [0.29, 0.717) is 10.2 Å². The van der Waals surface area contributed by atoms with E-state index in [0.717, 1.165) is 32.1 Å². The number of aromatic nitrogens is 2. The summed E-state index contributed by atoms with van der Waals surface area (Å²) in [6.07, 6.45) is 4.99. The predicted molar refractivity (Wildman–Crippen MR) is 83.1 cm³/mol. The van der Waals surface area contributed by atoms with Gasteiger partial charge in [-0.05, 0) is 31.2 Å². The second-order valence-electron chi connectivity index (χ2n) is 5.67. The van der Waals surface area contributed by atoms with Crippen molar-refractivity contribution in [3.8, 4) is 0 Å². The lowest BCUT2D eigenvalue weighted by Crippen LogP contribution is -2.43. The van der Waals surface area contributed by atoms with Crippen LogP contribution in [0.4, 0.5) is 0 Å². The Labute approximate surface area is 125 Å². The molecular formula is C15H18N2O3S. The molecule has 0 unspecified atom stereocenters. The van der Waals surface area contributed by atoms with Crippen LogP contribution in [0.5, 0.6) is 0 Å². The Morgan fingerprint density at radius 3 is 2.67 bits per heavy atom. The average Bonchev–Trinajstić information content (AvgIpc) is 2.94. The van der Waals surface area contributed by atoms with Gasteiger partial charge in [-0.2, -0.15) is 0 Å². The molecule has 1 fully saturated rings. The van der Waals surface area contributed by atoms with Crippen molar-refractivity contribution < 1.29 is 4.79 Å².